The van der Waals surface area contributed by atoms with Gasteiger partial charge in [-0.15, -0.1) is 13.2 Å². The summed E-state index contributed by atoms with van der Waals surface area (Å²) < 4.78 is 45.4. The lowest BCUT2D eigenvalue weighted by atomic mass is 10.2. The predicted octanol–water partition coefficient (Wildman–Crippen LogP) is 2.71. The van der Waals surface area contributed by atoms with Crippen molar-refractivity contribution in [1.29, 1.82) is 0 Å². The molecule has 6 heteroatoms. The number of nitrogens with one attached hydrogen (secondary N) is 1. The maximum atomic E-state index is 12.2. The molecule has 0 aliphatic heterocycles. The summed E-state index contributed by atoms with van der Waals surface area (Å²) in [5.41, 5.74) is 0.456. The summed E-state index contributed by atoms with van der Waals surface area (Å²) in [5.74, 6) is -0.179. The van der Waals surface area contributed by atoms with Crippen LogP contribution in [-0.2, 0) is 11.3 Å². The highest BCUT2D eigenvalue weighted by Crippen LogP contribution is 2.26. The number of alkyl halides is 3. The van der Waals surface area contributed by atoms with Crippen molar-refractivity contribution in [3.05, 3.63) is 29.8 Å². The highest BCUT2D eigenvalue weighted by atomic mass is 19.4. The van der Waals surface area contributed by atoms with Crippen LogP contribution in [0.5, 0.6) is 5.75 Å². The molecule has 3 nitrogen and oxygen atoms in total. The van der Waals surface area contributed by atoms with Crippen LogP contribution in [0.2, 0.25) is 0 Å². The van der Waals surface area contributed by atoms with E-state index in [4.69, 9.17) is 4.74 Å². The Labute approximate surface area is 104 Å². The minimum absolute atomic E-state index is 0.0499. The highest BCUT2D eigenvalue weighted by Gasteiger charge is 2.31. The number of ether oxygens (including phenoxy) is 2. The first-order chi connectivity index (χ1) is 8.42. The van der Waals surface area contributed by atoms with Gasteiger partial charge in [0.25, 0.3) is 0 Å². The van der Waals surface area contributed by atoms with Crippen molar-refractivity contribution in [2.45, 2.75) is 25.9 Å². The third-order valence-corrected chi connectivity index (χ3v) is 2.26. The third kappa shape index (κ3) is 5.37. The molecular formula is C12H16F3NO2. The van der Waals surface area contributed by atoms with E-state index in [0.29, 0.717) is 12.2 Å². The third-order valence-electron chi connectivity index (χ3n) is 2.26. The molecule has 0 radical (unpaired) electrons. The van der Waals surface area contributed by atoms with Gasteiger partial charge >= 0.3 is 6.36 Å². The maximum absolute atomic E-state index is 12.2. The Morgan fingerprint density at radius 1 is 1.28 bits per heavy atom. The Hall–Kier alpha value is -1.27. The van der Waals surface area contributed by atoms with Crippen LogP contribution in [0.15, 0.2) is 24.3 Å². The summed E-state index contributed by atoms with van der Waals surface area (Å²) in [6.45, 7) is 2.66. The summed E-state index contributed by atoms with van der Waals surface area (Å²) >= 11 is 0. The first-order valence-electron chi connectivity index (χ1n) is 5.48. The number of halogens is 3. The monoisotopic (exact) mass is 263 g/mol. The van der Waals surface area contributed by atoms with Crippen molar-refractivity contribution in [2.75, 3.05) is 13.7 Å². The van der Waals surface area contributed by atoms with Gasteiger partial charge in [0.15, 0.2) is 0 Å². The lowest BCUT2D eigenvalue weighted by molar-refractivity contribution is -0.274. The molecule has 0 saturated carbocycles. The maximum Gasteiger partial charge on any atom is 0.573 e. The van der Waals surface area contributed by atoms with E-state index in [1.807, 2.05) is 6.92 Å². The minimum Gasteiger partial charge on any atom is -0.405 e. The zero-order valence-electron chi connectivity index (χ0n) is 10.3. The van der Waals surface area contributed by atoms with Crippen molar-refractivity contribution >= 4 is 0 Å². The van der Waals surface area contributed by atoms with E-state index in [9.17, 15) is 13.2 Å². The van der Waals surface area contributed by atoms with Gasteiger partial charge in [-0.25, -0.2) is 0 Å². The topological polar surface area (TPSA) is 30.5 Å². The molecule has 0 bridgehead atoms. The highest BCUT2D eigenvalue weighted by molar-refractivity contribution is 5.33. The quantitative estimate of drug-likeness (QED) is 0.856. The molecule has 0 saturated heterocycles. The SMILES string of the molecule is COCC(C)NCc1ccccc1OC(F)(F)F. The van der Waals surface area contributed by atoms with Gasteiger partial charge in [0, 0.05) is 25.3 Å². The zero-order valence-corrected chi connectivity index (χ0v) is 10.3. The molecule has 0 aliphatic rings. The molecule has 0 aliphatic carbocycles. The van der Waals surface area contributed by atoms with Crippen LogP contribution >= 0.6 is 0 Å². The fraction of sp³-hybridized carbons (Fsp3) is 0.500. The van der Waals surface area contributed by atoms with Crippen molar-refractivity contribution in [3.8, 4) is 5.75 Å². The Kier molecular flexibility index (Phi) is 5.43. The van der Waals surface area contributed by atoms with Gasteiger partial charge in [-0.1, -0.05) is 18.2 Å². The van der Waals surface area contributed by atoms with E-state index in [1.165, 1.54) is 12.1 Å². The van der Waals surface area contributed by atoms with E-state index in [2.05, 4.69) is 10.1 Å². The van der Waals surface area contributed by atoms with Gasteiger partial charge in [0.05, 0.1) is 6.61 Å². The molecule has 1 rings (SSSR count). The summed E-state index contributed by atoms with van der Waals surface area (Å²) in [6, 6.07) is 6.11. The molecule has 0 heterocycles. The molecule has 102 valence electrons. The van der Waals surface area contributed by atoms with Crippen LogP contribution in [-0.4, -0.2) is 26.1 Å². The fourth-order valence-electron chi connectivity index (χ4n) is 1.47. The number of methoxy groups -OCH3 is 1. The van der Waals surface area contributed by atoms with Gasteiger partial charge < -0.3 is 14.8 Å². The van der Waals surface area contributed by atoms with Crippen molar-refractivity contribution < 1.29 is 22.6 Å². The second kappa shape index (κ2) is 6.61. The van der Waals surface area contributed by atoms with Gasteiger partial charge in [0.2, 0.25) is 0 Å². The molecule has 18 heavy (non-hydrogen) atoms. The van der Waals surface area contributed by atoms with Crippen LogP contribution < -0.4 is 10.1 Å². The minimum atomic E-state index is -4.67. The molecule has 1 N–H and O–H groups in total. The standard InChI is InChI=1S/C12H16F3NO2/c1-9(8-17-2)16-7-10-5-3-4-6-11(10)18-12(13,14)15/h3-6,9,16H,7-8H2,1-2H3. The lowest BCUT2D eigenvalue weighted by Gasteiger charge is -2.16. The number of hydrogen-bond donors (Lipinski definition) is 1. The van der Waals surface area contributed by atoms with Gasteiger partial charge in [-0.3, -0.25) is 0 Å². The van der Waals surface area contributed by atoms with Gasteiger partial charge in [-0.2, -0.15) is 0 Å². The molecule has 0 amide bonds. The first kappa shape index (κ1) is 14.8. The Balaban J connectivity index is 2.65. The van der Waals surface area contributed by atoms with E-state index >= 15 is 0 Å². The van der Waals surface area contributed by atoms with E-state index in [-0.39, 0.29) is 18.3 Å². The molecule has 0 spiro atoms. The second-order valence-electron chi connectivity index (χ2n) is 3.89. The Morgan fingerprint density at radius 3 is 2.56 bits per heavy atom. The molecule has 0 aromatic heterocycles. The van der Waals surface area contributed by atoms with Gasteiger partial charge in [-0.05, 0) is 13.0 Å². The van der Waals surface area contributed by atoms with Crippen molar-refractivity contribution in [2.24, 2.45) is 0 Å². The first-order valence-corrected chi connectivity index (χ1v) is 5.48. The summed E-state index contributed by atoms with van der Waals surface area (Å²) in [4.78, 5) is 0. The van der Waals surface area contributed by atoms with E-state index in [1.54, 1.807) is 19.2 Å². The number of para-hydroxylation sites is 1. The van der Waals surface area contributed by atoms with Crippen LogP contribution in [0.3, 0.4) is 0 Å². The molecule has 1 aromatic carbocycles. The van der Waals surface area contributed by atoms with Crippen LogP contribution in [0.25, 0.3) is 0 Å². The normalized spacial score (nSPS) is 13.4. The number of benzene rings is 1. The zero-order chi connectivity index (χ0) is 13.6. The summed E-state index contributed by atoms with van der Waals surface area (Å²) in [5, 5.41) is 3.05. The average molecular weight is 263 g/mol. The number of rotatable bonds is 6. The Bertz CT molecular complexity index is 369. The molecule has 0 fully saturated rings. The predicted molar refractivity (Wildman–Crippen MR) is 61.3 cm³/mol. The van der Waals surface area contributed by atoms with E-state index < -0.39 is 6.36 Å². The fourth-order valence-corrected chi connectivity index (χ4v) is 1.47. The van der Waals surface area contributed by atoms with Crippen molar-refractivity contribution in [1.82, 2.24) is 5.32 Å². The van der Waals surface area contributed by atoms with Crippen LogP contribution in [0.4, 0.5) is 13.2 Å². The lowest BCUT2D eigenvalue weighted by Crippen LogP contribution is -2.30. The summed E-state index contributed by atoms with van der Waals surface area (Å²) in [7, 11) is 1.57. The van der Waals surface area contributed by atoms with Crippen molar-refractivity contribution in [3.63, 3.8) is 0 Å². The molecule has 1 aromatic rings. The van der Waals surface area contributed by atoms with Gasteiger partial charge in [0.1, 0.15) is 5.75 Å². The van der Waals surface area contributed by atoms with E-state index in [0.717, 1.165) is 0 Å². The van der Waals surface area contributed by atoms with Crippen LogP contribution in [0, 0.1) is 0 Å². The smallest absolute Gasteiger partial charge is 0.405 e. The largest absolute Gasteiger partial charge is 0.573 e. The number of hydrogen-bond acceptors (Lipinski definition) is 3. The van der Waals surface area contributed by atoms with Crippen LogP contribution in [0.1, 0.15) is 12.5 Å². The average Bonchev–Trinajstić information content (AvgIpc) is 2.26. The molecule has 1 unspecified atom stereocenters. The molecule has 1 atom stereocenters. The molecular weight excluding hydrogens is 247 g/mol. The second-order valence-corrected chi connectivity index (χ2v) is 3.89. The Morgan fingerprint density at radius 2 is 1.94 bits per heavy atom. The summed E-state index contributed by atoms with van der Waals surface area (Å²) in [6.07, 6.45) is -4.67.